The molecule has 0 bridgehead atoms. The fourth-order valence-electron chi connectivity index (χ4n) is 1.79. The molecular weight excluding hydrogens is 281 g/mol. The molecule has 2 aromatic rings. The summed E-state index contributed by atoms with van der Waals surface area (Å²) in [5.41, 5.74) is 6.58. The van der Waals surface area contributed by atoms with E-state index in [4.69, 9.17) is 22.1 Å². The molecule has 0 saturated carbocycles. The number of benzene rings is 2. The molecule has 0 aromatic heterocycles. The fourth-order valence-corrected chi connectivity index (χ4v) is 1.86. The van der Waals surface area contributed by atoms with Crippen molar-refractivity contribution in [3.05, 3.63) is 53.8 Å². The van der Waals surface area contributed by atoms with Gasteiger partial charge in [-0.2, -0.15) is 0 Å². The van der Waals surface area contributed by atoms with E-state index in [9.17, 15) is 9.18 Å². The second-order valence-corrected chi connectivity index (χ2v) is 4.50. The molecule has 0 radical (unpaired) electrons. The molecule has 0 heterocycles. The SMILES string of the molecule is NC(=O)c1ccc(-c2cc(OCCCl)ccc2F)cc1. The molecule has 104 valence electrons. The zero-order chi connectivity index (χ0) is 14.5. The summed E-state index contributed by atoms with van der Waals surface area (Å²) in [6.45, 7) is 0.354. The number of halogens is 2. The highest BCUT2D eigenvalue weighted by atomic mass is 35.5. The van der Waals surface area contributed by atoms with Crippen molar-refractivity contribution in [2.45, 2.75) is 0 Å². The number of hydrogen-bond donors (Lipinski definition) is 1. The van der Waals surface area contributed by atoms with Gasteiger partial charge in [-0.1, -0.05) is 12.1 Å². The van der Waals surface area contributed by atoms with Crippen LogP contribution in [0.2, 0.25) is 0 Å². The van der Waals surface area contributed by atoms with Crippen LogP contribution in [0, 0.1) is 5.82 Å². The molecule has 0 aliphatic heterocycles. The van der Waals surface area contributed by atoms with E-state index < -0.39 is 5.91 Å². The minimum absolute atomic E-state index is 0.354. The smallest absolute Gasteiger partial charge is 0.248 e. The molecule has 20 heavy (non-hydrogen) atoms. The minimum atomic E-state index is -0.517. The highest BCUT2D eigenvalue weighted by Crippen LogP contribution is 2.27. The summed E-state index contributed by atoms with van der Waals surface area (Å²) in [6, 6.07) is 10.9. The number of amides is 1. The Morgan fingerprint density at radius 1 is 1.20 bits per heavy atom. The van der Waals surface area contributed by atoms with Crippen LogP contribution in [0.25, 0.3) is 11.1 Å². The molecule has 0 aliphatic carbocycles. The lowest BCUT2D eigenvalue weighted by Gasteiger charge is -2.08. The summed E-state index contributed by atoms with van der Waals surface area (Å²) in [7, 11) is 0. The zero-order valence-electron chi connectivity index (χ0n) is 10.6. The number of carbonyl (C=O) groups is 1. The maximum Gasteiger partial charge on any atom is 0.248 e. The van der Waals surface area contributed by atoms with Crippen molar-refractivity contribution in [2.24, 2.45) is 5.73 Å². The van der Waals surface area contributed by atoms with Gasteiger partial charge < -0.3 is 10.5 Å². The summed E-state index contributed by atoms with van der Waals surface area (Å²) in [5, 5.41) is 0. The van der Waals surface area contributed by atoms with E-state index in [1.807, 2.05) is 0 Å². The Balaban J connectivity index is 2.33. The van der Waals surface area contributed by atoms with E-state index in [1.165, 1.54) is 6.07 Å². The van der Waals surface area contributed by atoms with Crippen molar-refractivity contribution < 1.29 is 13.9 Å². The first-order chi connectivity index (χ1) is 9.61. The lowest BCUT2D eigenvalue weighted by molar-refractivity contribution is 0.100. The molecule has 0 atom stereocenters. The van der Waals surface area contributed by atoms with E-state index in [0.29, 0.717) is 34.9 Å². The predicted molar refractivity (Wildman–Crippen MR) is 76.6 cm³/mol. The molecule has 2 aromatic carbocycles. The van der Waals surface area contributed by atoms with E-state index in [0.717, 1.165) is 0 Å². The molecule has 0 unspecified atom stereocenters. The van der Waals surface area contributed by atoms with Crippen molar-refractivity contribution in [1.29, 1.82) is 0 Å². The second-order valence-electron chi connectivity index (χ2n) is 4.12. The lowest BCUT2D eigenvalue weighted by Crippen LogP contribution is -2.10. The molecule has 0 spiro atoms. The van der Waals surface area contributed by atoms with Gasteiger partial charge in [-0.25, -0.2) is 4.39 Å². The third-order valence-electron chi connectivity index (χ3n) is 2.76. The normalized spacial score (nSPS) is 10.3. The molecule has 1 amide bonds. The number of ether oxygens (including phenoxy) is 1. The Morgan fingerprint density at radius 2 is 1.90 bits per heavy atom. The topological polar surface area (TPSA) is 52.3 Å². The summed E-state index contributed by atoms with van der Waals surface area (Å²) < 4.78 is 19.2. The standard InChI is InChI=1S/C15H13ClFNO2/c16-7-8-20-12-5-6-14(17)13(9-12)10-1-3-11(4-2-10)15(18)19/h1-6,9H,7-8H2,(H2,18,19). The number of hydrogen-bond acceptors (Lipinski definition) is 2. The largest absolute Gasteiger partial charge is 0.492 e. The average Bonchev–Trinajstić information content (AvgIpc) is 2.46. The Morgan fingerprint density at radius 3 is 2.50 bits per heavy atom. The first-order valence-electron chi connectivity index (χ1n) is 6.00. The summed E-state index contributed by atoms with van der Waals surface area (Å²) in [6.07, 6.45) is 0. The average molecular weight is 294 g/mol. The van der Waals surface area contributed by atoms with Gasteiger partial charge >= 0.3 is 0 Å². The maximum atomic E-state index is 13.9. The van der Waals surface area contributed by atoms with Gasteiger partial charge in [0.05, 0.1) is 5.88 Å². The van der Waals surface area contributed by atoms with Gasteiger partial charge in [-0.15, -0.1) is 11.6 Å². The van der Waals surface area contributed by atoms with E-state index >= 15 is 0 Å². The Hall–Kier alpha value is -2.07. The van der Waals surface area contributed by atoms with Crippen LogP contribution >= 0.6 is 11.6 Å². The zero-order valence-corrected chi connectivity index (χ0v) is 11.4. The van der Waals surface area contributed by atoms with Gasteiger partial charge in [0.1, 0.15) is 18.2 Å². The van der Waals surface area contributed by atoms with Crippen LogP contribution in [-0.2, 0) is 0 Å². The maximum absolute atomic E-state index is 13.9. The van der Waals surface area contributed by atoms with Crippen LogP contribution < -0.4 is 10.5 Å². The van der Waals surface area contributed by atoms with E-state index in [2.05, 4.69) is 0 Å². The quantitative estimate of drug-likeness (QED) is 0.861. The molecule has 5 heteroatoms. The van der Waals surface area contributed by atoms with Crippen LogP contribution in [-0.4, -0.2) is 18.4 Å². The Bertz CT molecular complexity index is 614. The van der Waals surface area contributed by atoms with Crippen LogP contribution in [0.4, 0.5) is 4.39 Å². The summed E-state index contributed by atoms with van der Waals surface area (Å²) in [4.78, 5) is 11.0. The van der Waals surface area contributed by atoms with Crippen molar-refractivity contribution >= 4 is 17.5 Å². The van der Waals surface area contributed by atoms with E-state index in [-0.39, 0.29) is 5.82 Å². The van der Waals surface area contributed by atoms with Crippen LogP contribution in [0.5, 0.6) is 5.75 Å². The van der Waals surface area contributed by atoms with Gasteiger partial charge in [-0.3, -0.25) is 4.79 Å². The minimum Gasteiger partial charge on any atom is -0.492 e. The number of carbonyl (C=O) groups excluding carboxylic acids is 1. The number of nitrogens with two attached hydrogens (primary N) is 1. The van der Waals surface area contributed by atoms with Gasteiger partial charge in [0, 0.05) is 11.1 Å². The molecule has 0 fully saturated rings. The fraction of sp³-hybridized carbons (Fsp3) is 0.133. The van der Waals surface area contributed by atoms with Crippen molar-refractivity contribution in [3.63, 3.8) is 0 Å². The highest BCUT2D eigenvalue weighted by molar-refractivity contribution is 6.18. The van der Waals surface area contributed by atoms with Crippen LogP contribution in [0.3, 0.4) is 0 Å². The van der Waals surface area contributed by atoms with Gasteiger partial charge in [0.25, 0.3) is 0 Å². The van der Waals surface area contributed by atoms with Gasteiger partial charge in [0.2, 0.25) is 5.91 Å². The molecular formula is C15H13ClFNO2. The first-order valence-corrected chi connectivity index (χ1v) is 6.54. The van der Waals surface area contributed by atoms with Crippen molar-refractivity contribution in [3.8, 4) is 16.9 Å². The molecule has 2 rings (SSSR count). The van der Waals surface area contributed by atoms with Crippen molar-refractivity contribution in [1.82, 2.24) is 0 Å². The molecule has 0 saturated heterocycles. The third kappa shape index (κ3) is 3.27. The Labute approximate surface area is 121 Å². The molecule has 3 nitrogen and oxygen atoms in total. The van der Waals surface area contributed by atoms with Crippen LogP contribution in [0.15, 0.2) is 42.5 Å². The van der Waals surface area contributed by atoms with Gasteiger partial charge in [0.15, 0.2) is 0 Å². The summed E-state index contributed by atoms with van der Waals surface area (Å²) in [5.74, 6) is 0.0207. The molecule has 2 N–H and O–H groups in total. The third-order valence-corrected chi connectivity index (χ3v) is 2.92. The van der Waals surface area contributed by atoms with E-state index in [1.54, 1.807) is 36.4 Å². The highest BCUT2D eigenvalue weighted by Gasteiger charge is 2.08. The predicted octanol–water partition coefficient (Wildman–Crippen LogP) is 3.21. The number of primary amides is 1. The Kier molecular flexibility index (Phi) is 4.58. The molecule has 0 aliphatic rings. The number of rotatable bonds is 5. The monoisotopic (exact) mass is 293 g/mol. The first kappa shape index (κ1) is 14.3. The number of alkyl halides is 1. The lowest BCUT2D eigenvalue weighted by atomic mass is 10.0. The van der Waals surface area contributed by atoms with Gasteiger partial charge in [-0.05, 0) is 35.9 Å². The van der Waals surface area contributed by atoms with Crippen molar-refractivity contribution in [2.75, 3.05) is 12.5 Å². The second kappa shape index (κ2) is 6.39. The van der Waals surface area contributed by atoms with Crippen LogP contribution in [0.1, 0.15) is 10.4 Å². The summed E-state index contributed by atoms with van der Waals surface area (Å²) >= 11 is 5.54.